The van der Waals surface area contributed by atoms with Crippen LogP contribution in [0.1, 0.15) is 47.8 Å². The highest BCUT2D eigenvalue weighted by Gasteiger charge is 2.33. The molecule has 0 fully saturated rings. The lowest BCUT2D eigenvalue weighted by molar-refractivity contribution is 0.0827. The Bertz CT molecular complexity index is 1520. The summed E-state index contributed by atoms with van der Waals surface area (Å²) in [7, 11) is 5.01. The second kappa shape index (κ2) is 8.99. The van der Waals surface area contributed by atoms with Crippen LogP contribution >= 0.6 is 15.9 Å². The quantitative estimate of drug-likeness (QED) is 0.359. The van der Waals surface area contributed by atoms with Gasteiger partial charge in [-0.2, -0.15) is 0 Å². The SMILES string of the molecule is COc1c(O)ccc2c1-c1ccc3c(c1C(=Cc1cc(Br)ccc1C(=O)N(C)C)O2)C(C)=CC(C)(C)N3. The molecule has 2 N–H and O–H groups in total. The molecule has 3 aromatic carbocycles. The van der Waals surface area contributed by atoms with Gasteiger partial charge in [-0.05, 0) is 74.4 Å². The Morgan fingerprint density at radius 2 is 1.86 bits per heavy atom. The minimum atomic E-state index is -0.214. The number of amides is 1. The van der Waals surface area contributed by atoms with Gasteiger partial charge in [0.15, 0.2) is 11.5 Å². The van der Waals surface area contributed by atoms with Crippen molar-refractivity contribution in [2.45, 2.75) is 26.3 Å². The third-order valence-electron chi connectivity index (χ3n) is 6.61. The number of hydrogen-bond donors (Lipinski definition) is 2. The standard InChI is InChI=1S/C30H29BrN2O4/c1-16-15-30(2,3)32-21-10-9-20-26(25(16)21)24(37-23-12-11-22(34)28(36-6)27(20)23)14-17-13-18(31)7-8-19(17)29(35)33(4)5/h7-15,32,34H,1-6H3. The highest BCUT2D eigenvalue weighted by Crippen LogP contribution is 2.54. The van der Waals surface area contributed by atoms with Crippen LogP contribution in [0.15, 0.2) is 53.0 Å². The van der Waals surface area contributed by atoms with E-state index in [0.717, 1.165) is 38.0 Å². The summed E-state index contributed by atoms with van der Waals surface area (Å²) < 4.78 is 13.0. The summed E-state index contributed by atoms with van der Waals surface area (Å²) in [5.74, 6) is 1.46. The number of rotatable bonds is 3. The van der Waals surface area contributed by atoms with Crippen LogP contribution in [-0.2, 0) is 0 Å². The lowest BCUT2D eigenvalue weighted by Gasteiger charge is -2.35. The molecule has 190 valence electrons. The molecule has 7 heteroatoms. The number of hydrogen-bond acceptors (Lipinski definition) is 5. The summed E-state index contributed by atoms with van der Waals surface area (Å²) in [6.45, 7) is 6.35. The number of phenols is 1. The first-order valence-corrected chi connectivity index (χ1v) is 12.8. The molecule has 0 aromatic heterocycles. The van der Waals surface area contributed by atoms with Crippen LogP contribution < -0.4 is 14.8 Å². The van der Waals surface area contributed by atoms with Crippen molar-refractivity contribution >= 4 is 44.9 Å². The van der Waals surface area contributed by atoms with E-state index in [2.05, 4.69) is 54.2 Å². The molecule has 0 atom stereocenters. The summed E-state index contributed by atoms with van der Waals surface area (Å²) in [5, 5.41) is 14.2. The summed E-state index contributed by atoms with van der Waals surface area (Å²) in [6, 6.07) is 13.0. The molecule has 2 aliphatic rings. The van der Waals surface area contributed by atoms with Gasteiger partial charge in [-0.1, -0.05) is 28.1 Å². The maximum Gasteiger partial charge on any atom is 0.253 e. The van der Waals surface area contributed by atoms with Crippen molar-refractivity contribution < 1.29 is 19.4 Å². The summed E-state index contributed by atoms with van der Waals surface area (Å²) in [4.78, 5) is 14.6. The number of phenolic OH excluding ortho intramolecular Hbond substituents is 1. The maximum atomic E-state index is 13.0. The molecule has 0 bridgehead atoms. The lowest BCUT2D eigenvalue weighted by atomic mass is 9.82. The van der Waals surface area contributed by atoms with Gasteiger partial charge in [-0.3, -0.25) is 4.79 Å². The van der Waals surface area contributed by atoms with Crippen LogP contribution in [0.4, 0.5) is 5.69 Å². The number of anilines is 1. The predicted octanol–water partition coefficient (Wildman–Crippen LogP) is 7.03. The normalized spacial score (nSPS) is 16.0. The Morgan fingerprint density at radius 3 is 2.57 bits per heavy atom. The topological polar surface area (TPSA) is 71.0 Å². The van der Waals surface area contributed by atoms with Crippen LogP contribution in [0.25, 0.3) is 28.5 Å². The highest BCUT2D eigenvalue weighted by molar-refractivity contribution is 9.10. The number of nitrogens with zero attached hydrogens (tertiary/aromatic N) is 1. The van der Waals surface area contributed by atoms with E-state index in [4.69, 9.17) is 9.47 Å². The van der Waals surface area contributed by atoms with Crippen molar-refractivity contribution in [2.75, 3.05) is 26.5 Å². The van der Waals surface area contributed by atoms with Crippen LogP contribution in [0.2, 0.25) is 0 Å². The van der Waals surface area contributed by atoms with Gasteiger partial charge < -0.3 is 24.8 Å². The number of halogens is 1. The van der Waals surface area contributed by atoms with E-state index in [0.29, 0.717) is 28.4 Å². The van der Waals surface area contributed by atoms with Crippen molar-refractivity contribution in [3.8, 4) is 28.4 Å². The minimum Gasteiger partial charge on any atom is -0.504 e. The third kappa shape index (κ3) is 4.27. The number of fused-ring (bicyclic) bond motifs is 5. The minimum absolute atomic E-state index is 0.0401. The van der Waals surface area contributed by atoms with Crippen molar-refractivity contribution in [2.24, 2.45) is 0 Å². The fourth-order valence-corrected chi connectivity index (χ4v) is 5.56. The van der Waals surface area contributed by atoms with E-state index < -0.39 is 0 Å². The Hall–Kier alpha value is -3.71. The fraction of sp³-hybridized carbons (Fsp3) is 0.233. The Kier molecular flexibility index (Phi) is 6.07. The summed E-state index contributed by atoms with van der Waals surface area (Å²) in [6.07, 6.45) is 4.11. The maximum absolute atomic E-state index is 13.0. The lowest BCUT2D eigenvalue weighted by Crippen LogP contribution is -2.32. The van der Waals surface area contributed by atoms with Crippen LogP contribution in [-0.4, -0.2) is 42.7 Å². The molecule has 2 aliphatic heterocycles. The number of ether oxygens (including phenoxy) is 2. The molecule has 37 heavy (non-hydrogen) atoms. The van der Waals surface area contributed by atoms with Crippen molar-refractivity contribution in [1.29, 1.82) is 0 Å². The van der Waals surface area contributed by atoms with Crippen molar-refractivity contribution in [1.82, 2.24) is 4.90 Å². The molecule has 5 rings (SSSR count). The first-order chi connectivity index (χ1) is 17.5. The monoisotopic (exact) mass is 560 g/mol. The predicted molar refractivity (Wildman–Crippen MR) is 152 cm³/mol. The number of aromatic hydroxyl groups is 1. The van der Waals surface area contributed by atoms with E-state index in [-0.39, 0.29) is 17.2 Å². The molecular weight excluding hydrogens is 532 g/mol. The van der Waals surface area contributed by atoms with Gasteiger partial charge in [-0.25, -0.2) is 0 Å². The number of nitrogens with one attached hydrogen (secondary N) is 1. The molecule has 2 heterocycles. The molecule has 0 spiro atoms. The third-order valence-corrected chi connectivity index (χ3v) is 7.10. The van der Waals surface area contributed by atoms with Crippen LogP contribution in [0, 0.1) is 0 Å². The van der Waals surface area contributed by atoms with Crippen LogP contribution in [0.3, 0.4) is 0 Å². The van der Waals surface area contributed by atoms with Crippen molar-refractivity contribution in [3.05, 3.63) is 75.3 Å². The highest BCUT2D eigenvalue weighted by atomic mass is 79.9. The molecule has 3 aromatic rings. The molecule has 0 unspecified atom stereocenters. The van der Waals surface area contributed by atoms with Gasteiger partial charge in [-0.15, -0.1) is 0 Å². The summed E-state index contributed by atoms with van der Waals surface area (Å²) in [5.41, 5.74) is 6.61. The van der Waals surface area contributed by atoms with Crippen molar-refractivity contribution in [3.63, 3.8) is 0 Å². The molecule has 1 amide bonds. The van der Waals surface area contributed by atoms with E-state index in [1.165, 1.54) is 7.11 Å². The van der Waals surface area contributed by atoms with Gasteiger partial charge in [0.25, 0.3) is 5.91 Å². The number of methoxy groups -OCH3 is 1. The Morgan fingerprint density at radius 1 is 1.11 bits per heavy atom. The van der Waals surface area contributed by atoms with Gasteiger partial charge in [0.2, 0.25) is 0 Å². The zero-order valence-electron chi connectivity index (χ0n) is 21.7. The second-order valence-electron chi connectivity index (χ2n) is 10.1. The molecule has 6 nitrogen and oxygen atoms in total. The number of allylic oxidation sites excluding steroid dienone is 1. The summed E-state index contributed by atoms with van der Waals surface area (Å²) >= 11 is 3.56. The molecule has 0 saturated carbocycles. The molecular formula is C30H29BrN2O4. The fourth-order valence-electron chi connectivity index (χ4n) is 5.18. The average molecular weight is 561 g/mol. The average Bonchev–Trinajstić information content (AvgIpc) is 2.82. The zero-order chi connectivity index (χ0) is 26.6. The van der Waals surface area contributed by atoms with Gasteiger partial charge >= 0.3 is 0 Å². The van der Waals surface area contributed by atoms with E-state index >= 15 is 0 Å². The van der Waals surface area contributed by atoms with Crippen LogP contribution in [0.5, 0.6) is 17.2 Å². The van der Waals surface area contributed by atoms with E-state index in [9.17, 15) is 9.90 Å². The smallest absolute Gasteiger partial charge is 0.253 e. The molecule has 0 saturated heterocycles. The number of carbonyl (C=O) groups is 1. The molecule has 0 aliphatic carbocycles. The second-order valence-corrected chi connectivity index (χ2v) is 11.0. The largest absolute Gasteiger partial charge is 0.504 e. The Balaban J connectivity index is 1.84. The number of benzene rings is 3. The first kappa shape index (κ1) is 25.0. The Labute approximate surface area is 225 Å². The first-order valence-electron chi connectivity index (χ1n) is 12.0. The zero-order valence-corrected chi connectivity index (χ0v) is 23.3. The van der Waals surface area contributed by atoms with Gasteiger partial charge in [0.05, 0.1) is 18.2 Å². The van der Waals surface area contributed by atoms with Gasteiger partial charge in [0.1, 0.15) is 11.5 Å². The molecule has 0 radical (unpaired) electrons. The number of carbonyl (C=O) groups excluding carboxylic acids is 1. The van der Waals surface area contributed by atoms with E-state index in [1.807, 2.05) is 30.3 Å². The van der Waals surface area contributed by atoms with E-state index in [1.54, 1.807) is 31.1 Å². The van der Waals surface area contributed by atoms with Gasteiger partial charge in [0, 0.05) is 46.5 Å².